The van der Waals surface area contributed by atoms with Crippen LogP contribution in [0.4, 0.5) is 10.2 Å². The van der Waals surface area contributed by atoms with Crippen LogP contribution < -0.4 is 4.90 Å². The lowest BCUT2D eigenvalue weighted by Crippen LogP contribution is -2.28. The monoisotopic (exact) mass is 349 g/mol. The number of pyridine rings is 1. The number of ether oxygens (including phenoxy) is 1. The van der Waals surface area contributed by atoms with Gasteiger partial charge in [-0.3, -0.25) is 0 Å². The second-order valence-corrected chi connectivity index (χ2v) is 6.75. The quantitative estimate of drug-likeness (QED) is 0.779. The molecule has 6 nitrogen and oxygen atoms in total. The minimum atomic E-state index is -1.82. The molecule has 126 valence electrons. The van der Waals surface area contributed by atoms with Crippen LogP contribution in [0.15, 0.2) is 12.3 Å². The Morgan fingerprint density at radius 2 is 2.33 bits per heavy atom. The summed E-state index contributed by atoms with van der Waals surface area (Å²) in [7, 11) is 0. The smallest absolute Gasteiger partial charge is 0.215 e. The van der Waals surface area contributed by atoms with Gasteiger partial charge >= 0.3 is 0 Å². The molecule has 0 aliphatic carbocycles. The van der Waals surface area contributed by atoms with Gasteiger partial charge in [0.05, 0.1) is 17.4 Å². The summed E-state index contributed by atoms with van der Waals surface area (Å²) in [6.45, 7) is 1.17. The summed E-state index contributed by atoms with van der Waals surface area (Å²) < 4.78 is 22.0. The van der Waals surface area contributed by atoms with Crippen LogP contribution >= 0.6 is 11.6 Å². The molecule has 2 aliphatic heterocycles. The lowest BCUT2D eigenvalue weighted by Gasteiger charge is -2.23. The second-order valence-electron chi connectivity index (χ2n) is 6.36. The number of nitrogens with zero attached hydrogens (tertiary/aromatic N) is 5. The van der Waals surface area contributed by atoms with Crippen molar-refractivity contribution in [3.05, 3.63) is 17.4 Å². The lowest BCUT2D eigenvalue weighted by atomic mass is 10.1. The molecule has 0 bridgehead atoms. The van der Waals surface area contributed by atoms with Gasteiger partial charge < -0.3 is 9.64 Å². The number of fused-ring (bicyclic) bond motifs is 1. The number of hydrogen-bond donors (Lipinski definition) is 0. The molecule has 4 rings (SSSR count). The number of aromatic nitrogens is 3. The predicted octanol–water partition coefficient (Wildman–Crippen LogP) is 3.23. The highest BCUT2D eigenvalue weighted by Crippen LogP contribution is 2.36. The van der Waals surface area contributed by atoms with Gasteiger partial charge in [0.25, 0.3) is 0 Å². The average Bonchev–Trinajstić information content (AvgIpc) is 3.17. The fourth-order valence-electron chi connectivity index (χ4n) is 3.41. The summed E-state index contributed by atoms with van der Waals surface area (Å²) in [4.78, 5) is 5.95. The molecular weight excluding hydrogens is 333 g/mol. The zero-order chi connectivity index (χ0) is 16.7. The van der Waals surface area contributed by atoms with E-state index in [0.29, 0.717) is 24.1 Å². The molecule has 24 heavy (non-hydrogen) atoms. The summed E-state index contributed by atoms with van der Waals surface area (Å²) in [5.41, 5.74) is -0.998. The third-order valence-electron chi connectivity index (χ3n) is 4.69. The van der Waals surface area contributed by atoms with Crippen molar-refractivity contribution in [2.24, 2.45) is 0 Å². The van der Waals surface area contributed by atoms with E-state index in [2.05, 4.69) is 10.1 Å². The van der Waals surface area contributed by atoms with E-state index in [0.717, 1.165) is 30.2 Å². The Hall–Kier alpha value is -1.91. The molecule has 0 spiro atoms. The molecule has 2 aliphatic rings. The van der Waals surface area contributed by atoms with Crippen molar-refractivity contribution in [1.82, 2.24) is 14.8 Å². The van der Waals surface area contributed by atoms with Gasteiger partial charge in [-0.25, -0.2) is 14.1 Å². The van der Waals surface area contributed by atoms with Gasteiger partial charge in [-0.1, -0.05) is 11.6 Å². The molecule has 0 N–H and O–H groups in total. The Kier molecular flexibility index (Phi) is 3.82. The Labute approximate surface area is 143 Å². The van der Waals surface area contributed by atoms with Crippen molar-refractivity contribution in [3.63, 3.8) is 0 Å². The molecule has 2 aromatic rings. The third kappa shape index (κ3) is 2.60. The third-order valence-corrected chi connectivity index (χ3v) is 4.89. The molecule has 0 amide bonds. The first kappa shape index (κ1) is 15.6. The van der Waals surface area contributed by atoms with Crippen LogP contribution in [0.2, 0.25) is 5.15 Å². The van der Waals surface area contributed by atoms with Crippen molar-refractivity contribution in [1.29, 1.82) is 5.26 Å². The molecule has 2 saturated heterocycles. The highest BCUT2D eigenvalue weighted by Gasteiger charge is 2.40. The fourth-order valence-corrected chi connectivity index (χ4v) is 3.56. The first-order valence-electron chi connectivity index (χ1n) is 8.10. The number of rotatable bonds is 2. The van der Waals surface area contributed by atoms with Gasteiger partial charge in [-0.15, -0.1) is 0 Å². The molecule has 8 heteroatoms. The number of hydrogen-bond acceptors (Lipinski definition) is 5. The van der Waals surface area contributed by atoms with Gasteiger partial charge in [0.2, 0.25) is 5.67 Å². The largest absolute Gasteiger partial charge is 0.356 e. The molecule has 2 atom stereocenters. The van der Waals surface area contributed by atoms with Gasteiger partial charge in [0.1, 0.15) is 11.2 Å². The van der Waals surface area contributed by atoms with E-state index in [1.54, 1.807) is 23.2 Å². The normalized spacial score (nSPS) is 27.5. The summed E-state index contributed by atoms with van der Waals surface area (Å²) in [5.74, 6) is 0.637. The van der Waals surface area contributed by atoms with E-state index in [-0.39, 0.29) is 19.2 Å². The zero-order valence-corrected chi connectivity index (χ0v) is 13.8. The van der Waals surface area contributed by atoms with Crippen molar-refractivity contribution < 1.29 is 9.13 Å². The minimum Gasteiger partial charge on any atom is -0.356 e. The highest BCUT2D eigenvalue weighted by atomic mass is 35.5. The zero-order valence-electron chi connectivity index (χ0n) is 13.1. The van der Waals surface area contributed by atoms with Crippen LogP contribution in [0, 0.1) is 11.3 Å². The topological polar surface area (TPSA) is 67.0 Å². The lowest BCUT2D eigenvalue weighted by molar-refractivity contribution is -0.0365. The fraction of sp³-hybridized carbons (Fsp3) is 0.562. The Morgan fingerprint density at radius 1 is 1.46 bits per heavy atom. The van der Waals surface area contributed by atoms with Crippen molar-refractivity contribution in [3.8, 4) is 6.07 Å². The Balaban J connectivity index is 1.78. The van der Waals surface area contributed by atoms with Crippen LogP contribution in [-0.4, -0.2) is 40.1 Å². The number of halogens is 2. The summed E-state index contributed by atoms with van der Waals surface area (Å²) >= 11 is 6.06. The molecule has 4 heterocycles. The van der Waals surface area contributed by atoms with E-state index < -0.39 is 5.67 Å². The standard InChI is InChI=1S/C16H17ClFN5O/c17-13-7-12-11(8-20-13)15(22-5-4-16(18,9-19)10-22)21-23(12)14-3-1-2-6-24-14/h7-8,14H,1-6,10H2. The molecule has 2 fully saturated rings. The first-order valence-corrected chi connectivity index (χ1v) is 8.48. The summed E-state index contributed by atoms with van der Waals surface area (Å²) in [6, 6.07) is 3.52. The Morgan fingerprint density at radius 3 is 3.04 bits per heavy atom. The maximum atomic E-state index is 14.3. The van der Waals surface area contributed by atoms with E-state index in [1.807, 2.05) is 4.68 Å². The van der Waals surface area contributed by atoms with E-state index in [4.69, 9.17) is 21.6 Å². The molecule has 0 saturated carbocycles. The summed E-state index contributed by atoms with van der Waals surface area (Å²) in [5, 5.41) is 14.9. The van der Waals surface area contributed by atoms with E-state index >= 15 is 0 Å². The first-order chi connectivity index (χ1) is 11.6. The van der Waals surface area contributed by atoms with Crippen molar-refractivity contribution in [2.75, 3.05) is 24.6 Å². The molecule has 0 aromatic carbocycles. The molecular formula is C16H17ClFN5O. The van der Waals surface area contributed by atoms with E-state index in [9.17, 15) is 4.39 Å². The molecule has 2 aromatic heterocycles. The van der Waals surface area contributed by atoms with Crippen molar-refractivity contribution >= 4 is 28.3 Å². The second kappa shape index (κ2) is 5.87. The average molecular weight is 350 g/mol. The van der Waals surface area contributed by atoms with Crippen LogP contribution in [0.5, 0.6) is 0 Å². The van der Waals surface area contributed by atoms with Gasteiger partial charge in [-0.2, -0.15) is 10.4 Å². The van der Waals surface area contributed by atoms with Crippen LogP contribution in [0.3, 0.4) is 0 Å². The summed E-state index contributed by atoms with van der Waals surface area (Å²) in [6.07, 6.45) is 4.68. The molecule has 2 unspecified atom stereocenters. The minimum absolute atomic E-state index is 0.0176. The predicted molar refractivity (Wildman–Crippen MR) is 87.7 cm³/mol. The van der Waals surface area contributed by atoms with Crippen LogP contribution in [0.25, 0.3) is 10.9 Å². The van der Waals surface area contributed by atoms with Gasteiger partial charge in [0, 0.05) is 31.8 Å². The maximum absolute atomic E-state index is 14.3. The van der Waals surface area contributed by atoms with E-state index in [1.165, 1.54) is 0 Å². The number of nitriles is 1. The van der Waals surface area contributed by atoms with Crippen LogP contribution in [0.1, 0.15) is 31.9 Å². The van der Waals surface area contributed by atoms with Gasteiger partial charge in [0.15, 0.2) is 12.0 Å². The Bertz CT molecular complexity index is 813. The molecule has 0 radical (unpaired) electrons. The number of anilines is 1. The van der Waals surface area contributed by atoms with Gasteiger partial charge in [-0.05, 0) is 19.3 Å². The van der Waals surface area contributed by atoms with Crippen LogP contribution in [-0.2, 0) is 4.74 Å². The SMILES string of the molecule is N#CC1(F)CCN(c2nn(C3CCCCO3)c3cc(Cl)ncc23)C1. The maximum Gasteiger partial charge on any atom is 0.215 e. The number of alkyl halides is 1. The van der Waals surface area contributed by atoms with Crippen molar-refractivity contribution in [2.45, 2.75) is 37.6 Å². The highest BCUT2D eigenvalue weighted by molar-refractivity contribution is 6.30.